The lowest BCUT2D eigenvalue weighted by atomic mass is 9.85. The van der Waals surface area contributed by atoms with Gasteiger partial charge in [0.25, 0.3) is 0 Å². The van der Waals surface area contributed by atoms with Crippen LogP contribution in [0.4, 0.5) is 0 Å². The van der Waals surface area contributed by atoms with Crippen LogP contribution in [-0.2, 0) is 11.3 Å². The molecule has 0 aliphatic carbocycles. The standard InChI is InChI=1S/C22H23N3O2S/c1-15(2)16-5-7-17(8-6-16)19-10-21(26)25-13-24(12-18-4-3-9-27-18)14-28-22(25)20(19)11-23/h3-9,15,19H,10,12-14H2,1-2H3/t19-/m1/s1. The monoisotopic (exact) mass is 393 g/mol. The summed E-state index contributed by atoms with van der Waals surface area (Å²) < 4.78 is 5.42. The van der Waals surface area contributed by atoms with Crippen LogP contribution in [0.2, 0.25) is 0 Å². The SMILES string of the molecule is CC(C)c1ccc([C@H]2CC(=O)N3CN(Cc4ccco4)CSC3=C2C#N)cc1. The van der Waals surface area contributed by atoms with Gasteiger partial charge in [0.05, 0.1) is 42.0 Å². The molecule has 0 bridgehead atoms. The Labute approximate surface area is 169 Å². The van der Waals surface area contributed by atoms with Crippen LogP contribution in [0.15, 0.2) is 57.7 Å². The Hall–Kier alpha value is -2.49. The summed E-state index contributed by atoms with van der Waals surface area (Å²) >= 11 is 1.57. The summed E-state index contributed by atoms with van der Waals surface area (Å²) in [5.74, 6) is 1.98. The molecule has 1 amide bonds. The van der Waals surface area contributed by atoms with Gasteiger partial charge in [-0.2, -0.15) is 5.26 Å². The molecular weight excluding hydrogens is 370 g/mol. The van der Waals surface area contributed by atoms with Crippen LogP contribution in [0.1, 0.15) is 49.0 Å². The van der Waals surface area contributed by atoms with Crippen molar-refractivity contribution < 1.29 is 9.21 Å². The van der Waals surface area contributed by atoms with E-state index < -0.39 is 0 Å². The van der Waals surface area contributed by atoms with Gasteiger partial charge in [-0.25, -0.2) is 0 Å². The zero-order valence-electron chi connectivity index (χ0n) is 16.1. The number of allylic oxidation sites excluding steroid dienone is 1. The van der Waals surface area contributed by atoms with Gasteiger partial charge in [0.1, 0.15) is 5.76 Å². The number of hydrogen-bond acceptors (Lipinski definition) is 5. The Morgan fingerprint density at radius 2 is 2.07 bits per heavy atom. The van der Waals surface area contributed by atoms with E-state index in [1.165, 1.54) is 5.56 Å². The van der Waals surface area contributed by atoms with Gasteiger partial charge >= 0.3 is 0 Å². The molecule has 0 spiro atoms. The molecule has 28 heavy (non-hydrogen) atoms. The maximum Gasteiger partial charge on any atom is 0.229 e. The molecule has 2 aliphatic rings. The largest absolute Gasteiger partial charge is 0.468 e. The summed E-state index contributed by atoms with van der Waals surface area (Å²) in [6.07, 6.45) is 2.00. The lowest BCUT2D eigenvalue weighted by Gasteiger charge is -2.41. The van der Waals surface area contributed by atoms with E-state index in [1.54, 1.807) is 22.9 Å². The first-order valence-electron chi connectivity index (χ1n) is 9.49. The first-order valence-corrected chi connectivity index (χ1v) is 10.5. The van der Waals surface area contributed by atoms with E-state index in [0.717, 1.165) is 22.2 Å². The molecule has 2 aliphatic heterocycles. The van der Waals surface area contributed by atoms with Crippen LogP contribution in [0, 0.1) is 11.3 Å². The lowest BCUT2D eigenvalue weighted by Crippen LogP contribution is -2.46. The second-order valence-corrected chi connectivity index (χ2v) is 8.49. The number of amides is 1. The van der Waals surface area contributed by atoms with E-state index in [0.29, 0.717) is 31.1 Å². The van der Waals surface area contributed by atoms with Crippen LogP contribution >= 0.6 is 11.8 Å². The van der Waals surface area contributed by atoms with Crippen LogP contribution in [0.3, 0.4) is 0 Å². The second-order valence-electron chi connectivity index (χ2n) is 7.55. The third-order valence-electron chi connectivity index (χ3n) is 5.31. The Bertz CT molecular complexity index is 926. The molecule has 5 nitrogen and oxygen atoms in total. The number of carbonyl (C=O) groups excluding carboxylic acids is 1. The van der Waals surface area contributed by atoms with E-state index in [4.69, 9.17) is 4.42 Å². The van der Waals surface area contributed by atoms with Crippen molar-refractivity contribution in [3.8, 4) is 6.07 Å². The van der Waals surface area contributed by atoms with Crippen molar-refractivity contribution >= 4 is 17.7 Å². The quantitative estimate of drug-likeness (QED) is 0.759. The van der Waals surface area contributed by atoms with Gasteiger partial charge in [-0.1, -0.05) is 49.9 Å². The maximum absolute atomic E-state index is 12.9. The van der Waals surface area contributed by atoms with Gasteiger partial charge in [0.2, 0.25) is 5.91 Å². The minimum atomic E-state index is -0.158. The number of thioether (sulfide) groups is 1. The molecule has 0 saturated carbocycles. The predicted octanol–water partition coefficient (Wildman–Crippen LogP) is 4.62. The van der Waals surface area contributed by atoms with Crippen molar-refractivity contribution in [2.24, 2.45) is 0 Å². The lowest BCUT2D eigenvalue weighted by molar-refractivity contribution is -0.132. The van der Waals surface area contributed by atoms with Gasteiger partial charge in [0.15, 0.2) is 0 Å². The highest BCUT2D eigenvalue weighted by Crippen LogP contribution is 2.42. The minimum absolute atomic E-state index is 0.0728. The van der Waals surface area contributed by atoms with Crippen molar-refractivity contribution in [1.29, 1.82) is 5.26 Å². The van der Waals surface area contributed by atoms with Gasteiger partial charge in [-0.05, 0) is 29.2 Å². The van der Waals surface area contributed by atoms with Crippen molar-refractivity contribution in [1.82, 2.24) is 9.80 Å². The van der Waals surface area contributed by atoms with Crippen molar-refractivity contribution in [3.05, 3.63) is 70.2 Å². The molecule has 1 fully saturated rings. The number of nitrogens with zero attached hydrogens (tertiary/aromatic N) is 3. The van der Waals surface area contributed by atoms with Crippen LogP contribution < -0.4 is 0 Å². The molecular formula is C22H23N3O2S. The molecule has 1 aromatic carbocycles. The minimum Gasteiger partial charge on any atom is -0.468 e. The third-order valence-corrected chi connectivity index (χ3v) is 6.52. The molecule has 2 aromatic rings. The summed E-state index contributed by atoms with van der Waals surface area (Å²) in [6, 6.07) is 14.5. The van der Waals surface area contributed by atoms with E-state index in [2.05, 4.69) is 49.1 Å². The van der Waals surface area contributed by atoms with E-state index in [1.807, 2.05) is 12.1 Å². The number of fused-ring (bicyclic) bond motifs is 1. The summed E-state index contributed by atoms with van der Waals surface area (Å²) in [6.45, 7) is 5.46. The topological polar surface area (TPSA) is 60.5 Å². The summed E-state index contributed by atoms with van der Waals surface area (Å²) in [5.41, 5.74) is 3.01. The third kappa shape index (κ3) is 3.60. The number of furan rings is 1. The first kappa shape index (κ1) is 18.9. The first-order chi connectivity index (χ1) is 13.6. The Balaban J connectivity index is 1.58. The van der Waals surface area contributed by atoms with E-state index in [9.17, 15) is 10.1 Å². The van der Waals surface area contributed by atoms with Crippen LogP contribution in [0.5, 0.6) is 0 Å². The number of rotatable bonds is 4. The van der Waals surface area contributed by atoms with Gasteiger partial charge in [0, 0.05) is 12.3 Å². The number of hydrogen-bond donors (Lipinski definition) is 0. The fourth-order valence-corrected chi connectivity index (χ4v) is 4.87. The Kier molecular flexibility index (Phi) is 5.29. The highest BCUT2D eigenvalue weighted by Gasteiger charge is 2.38. The normalized spacial score (nSPS) is 20.4. The second kappa shape index (κ2) is 7.86. The summed E-state index contributed by atoms with van der Waals surface area (Å²) in [5, 5.41) is 10.7. The number of nitriles is 1. The Morgan fingerprint density at radius 1 is 1.29 bits per heavy atom. The molecule has 0 unspecified atom stereocenters. The zero-order chi connectivity index (χ0) is 19.7. The number of carbonyl (C=O) groups is 1. The van der Waals surface area contributed by atoms with Gasteiger partial charge in [-0.3, -0.25) is 14.6 Å². The van der Waals surface area contributed by atoms with Crippen LogP contribution in [0.25, 0.3) is 0 Å². The molecule has 6 heteroatoms. The summed E-state index contributed by atoms with van der Waals surface area (Å²) in [7, 11) is 0. The zero-order valence-corrected chi connectivity index (χ0v) is 16.9. The highest BCUT2D eigenvalue weighted by molar-refractivity contribution is 8.03. The predicted molar refractivity (Wildman–Crippen MR) is 109 cm³/mol. The molecule has 0 radical (unpaired) electrons. The molecule has 4 rings (SSSR count). The van der Waals surface area contributed by atoms with Crippen molar-refractivity contribution in [3.63, 3.8) is 0 Å². The van der Waals surface area contributed by atoms with E-state index >= 15 is 0 Å². The average molecular weight is 394 g/mol. The van der Waals surface area contributed by atoms with E-state index in [-0.39, 0.29) is 11.8 Å². The smallest absolute Gasteiger partial charge is 0.229 e. The fraction of sp³-hybridized carbons (Fsp3) is 0.364. The summed E-state index contributed by atoms with van der Waals surface area (Å²) in [4.78, 5) is 16.8. The molecule has 144 valence electrons. The fourth-order valence-electron chi connectivity index (χ4n) is 3.73. The number of benzene rings is 1. The van der Waals surface area contributed by atoms with Gasteiger partial charge < -0.3 is 4.42 Å². The molecule has 1 atom stereocenters. The molecule has 1 aromatic heterocycles. The van der Waals surface area contributed by atoms with Crippen molar-refractivity contribution in [2.75, 3.05) is 12.5 Å². The van der Waals surface area contributed by atoms with Crippen molar-refractivity contribution in [2.45, 2.75) is 38.6 Å². The van der Waals surface area contributed by atoms with Gasteiger partial charge in [-0.15, -0.1) is 0 Å². The molecule has 1 saturated heterocycles. The Morgan fingerprint density at radius 3 is 2.71 bits per heavy atom. The molecule has 0 N–H and O–H groups in total. The maximum atomic E-state index is 12.9. The van der Waals surface area contributed by atoms with Crippen LogP contribution in [-0.4, -0.2) is 28.3 Å². The average Bonchev–Trinajstić information content (AvgIpc) is 3.21. The molecule has 3 heterocycles. The highest BCUT2D eigenvalue weighted by atomic mass is 32.2.